The Morgan fingerprint density at radius 2 is 1.78 bits per heavy atom. The predicted octanol–water partition coefficient (Wildman–Crippen LogP) is 5.33. The maximum atomic E-state index is 4.52. The number of nitrogens with zero attached hydrogens (tertiary/aromatic N) is 2. The molecule has 23 heavy (non-hydrogen) atoms. The van der Waals surface area contributed by atoms with Gasteiger partial charge in [-0.1, -0.05) is 43.5 Å². The second-order valence-electron chi connectivity index (χ2n) is 6.53. The molecule has 120 valence electrons. The molecule has 1 fully saturated rings. The van der Waals surface area contributed by atoms with E-state index in [2.05, 4.69) is 59.4 Å². The zero-order valence-electron chi connectivity index (χ0n) is 14.2. The molecular weight excluding hydrogens is 280 g/mol. The number of hydrogen-bond donors (Lipinski definition) is 0. The summed E-state index contributed by atoms with van der Waals surface area (Å²) in [5.41, 5.74) is 4.61. The van der Waals surface area contributed by atoms with Crippen molar-refractivity contribution in [1.82, 2.24) is 4.98 Å². The van der Waals surface area contributed by atoms with Gasteiger partial charge in [-0.3, -0.25) is 4.98 Å². The maximum Gasteiger partial charge on any atom is 0.0633 e. The van der Waals surface area contributed by atoms with E-state index in [1.165, 1.54) is 43.4 Å². The molecule has 0 atom stereocenters. The van der Waals surface area contributed by atoms with Gasteiger partial charge >= 0.3 is 0 Å². The van der Waals surface area contributed by atoms with Crippen molar-refractivity contribution in [3.05, 3.63) is 59.4 Å². The number of aromatic nitrogens is 1. The number of hydrogen-bond acceptors (Lipinski definition) is 2. The Bertz CT molecular complexity index is 669. The summed E-state index contributed by atoms with van der Waals surface area (Å²) in [4.78, 5) is 6.98. The van der Waals surface area contributed by atoms with Gasteiger partial charge in [0, 0.05) is 24.5 Å². The molecule has 0 saturated heterocycles. The monoisotopic (exact) mass is 306 g/mol. The highest BCUT2D eigenvalue weighted by molar-refractivity contribution is 5.70. The lowest BCUT2D eigenvalue weighted by molar-refractivity contribution is 0.427. The Hall–Kier alpha value is -2.09. The van der Waals surface area contributed by atoms with Gasteiger partial charge in [-0.15, -0.1) is 0 Å². The molecule has 0 N–H and O–H groups in total. The molecule has 0 aliphatic heterocycles. The molecule has 1 aromatic heterocycles. The first-order chi connectivity index (χ1) is 11.2. The standard InChI is InChI=1S/C21H26N2/c1-17-8-6-10-19(22-17)15-14-18-9-7-13-21(16-18)23(2)20-11-4-3-5-12-20/h6-10,13-16,20H,3-5,11-12H2,1-2H3. The number of benzene rings is 1. The first-order valence-electron chi connectivity index (χ1n) is 8.67. The molecule has 0 radical (unpaired) electrons. The summed E-state index contributed by atoms with van der Waals surface area (Å²) in [7, 11) is 2.24. The molecule has 0 bridgehead atoms. The van der Waals surface area contributed by atoms with Crippen molar-refractivity contribution >= 4 is 17.8 Å². The lowest BCUT2D eigenvalue weighted by Crippen LogP contribution is -2.33. The minimum Gasteiger partial charge on any atom is -0.372 e. The van der Waals surface area contributed by atoms with Crippen molar-refractivity contribution < 1.29 is 0 Å². The van der Waals surface area contributed by atoms with E-state index < -0.39 is 0 Å². The molecule has 1 saturated carbocycles. The lowest BCUT2D eigenvalue weighted by atomic mass is 9.94. The molecule has 0 amide bonds. The fourth-order valence-electron chi connectivity index (χ4n) is 3.37. The van der Waals surface area contributed by atoms with Crippen LogP contribution in [0.1, 0.15) is 49.1 Å². The first-order valence-corrected chi connectivity index (χ1v) is 8.67. The third-order valence-corrected chi connectivity index (χ3v) is 4.76. The van der Waals surface area contributed by atoms with Crippen LogP contribution in [0.4, 0.5) is 5.69 Å². The summed E-state index contributed by atoms with van der Waals surface area (Å²) < 4.78 is 0. The molecule has 0 unspecified atom stereocenters. The van der Waals surface area contributed by atoms with E-state index in [-0.39, 0.29) is 0 Å². The van der Waals surface area contributed by atoms with Crippen LogP contribution in [-0.4, -0.2) is 18.1 Å². The second kappa shape index (κ2) is 7.45. The van der Waals surface area contributed by atoms with Gasteiger partial charge in [0.15, 0.2) is 0 Å². The van der Waals surface area contributed by atoms with E-state index in [1.807, 2.05) is 19.1 Å². The first kappa shape index (κ1) is 15.8. The number of aryl methyl sites for hydroxylation is 1. The largest absolute Gasteiger partial charge is 0.372 e. The third-order valence-electron chi connectivity index (χ3n) is 4.76. The summed E-state index contributed by atoms with van der Waals surface area (Å²) >= 11 is 0. The molecule has 2 aromatic rings. The zero-order valence-corrected chi connectivity index (χ0v) is 14.2. The van der Waals surface area contributed by atoms with E-state index in [9.17, 15) is 0 Å². The zero-order chi connectivity index (χ0) is 16.1. The van der Waals surface area contributed by atoms with Crippen molar-refractivity contribution in [2.45, 2.75) is 45.1 Å². The van der Waals surface area contributed by atoms with Crippen molar-refractivity contribution in [3.63, 3.8) is 0 Å². The lowest BCUT2D eigenvalue weighted by Gasteiger charge is -2.33. The Balaban J connectivity index is 1.74. The fourth-order valence-corrected chi connectivity index (χ4v) is 3.37. The average Bonchev–Trinajstić information content (AvgIpc) is 2.60. The normalized spacial score (nSPS) is 15.9. The Morgan fingerprint density at radius 1 is 1.00 bits per heavy atom. The van der Waals surface area contributed by atoms with Crippen LogP contribution >= 0.6 is 0 Å². The van der Waals surface area contributed by atoms with E-state index >= 15 is 0 Å². The maximum absolute atomic E-state index is 4.52. The quantitative estimate of drug-likeness (QED) is 0.759. The molecule has 1 heterocycles. The second-order valence-corrected chi connectivity index (χ2v) is 6.53. The van der Waals surface area contributed by atoms with Gasteiger partial charge in [-0.05, 0) is 55.7 Å². The molecular formula is C21H26N2. The van der Waals surface area contributed by atoms with Crippen LogP contribution in [0.15, 0.2) is 42.5 Å². The summed E-state index contributed by atoms with van der Waals surface area (Å²) in [5, 5.41) is 0. The van der Waals surface area contributed by atoms with Crippen LogP contribution in [0, 0.1) is 6.92 Å². The van der Waals surface area contributed by atoms with Crippen LogP contribution in [0.3, 0.4) is 0 Å². The van der Waals surface area contributed by atoms with Gasteiger partial charge < -0.3 is 4.90 Å². The molecule has 0 spiro atoms. The smallest absolute Gasteiger partial charge is 0.0633 e. The van der Waals surface area contributed by atoms with Gasteiger partial charge in [0.1, 0.15) is 0 Å². The van der Waals surface area contributed by atoms with Gasteiger partial charge in [-0.25, -0.2) is 0 Å². The van der Waals surface area contributed by atoms with Crippen molar-refractivity contribution in [2.24, 2.45) is 0 Å². The average molecular weight is 306 g/mol. The minimum absolute atomic E-state index is 0.696. The SMILES string of the molecule is Cc1cccc(C=Cc2cccc(N(C)C3CCCCC3)c2)n1. The summed E-state index contributed by atoms with van der Waals surface area (Å²) in [6, 6.07) is 15.6. The molecule has 2 nitrogen and oxygen atoms in total. The van der Waals surface area contributed by atoms with Crippen LogP contribution < -0.4 is 4.90 Å². The van der Waals surface area contributed by atoms with Gasteiger partial charge in [0.25, 0.3) is 0 Å². The third kappa shape index (κ3) is 4.22. The van der Waals surface area contributed by atoms with Crippen LogP contribution in [0.25, 0.3) is 12.2 Å². The molecule has 1 aliphatic carbocycles. The minimum atomic E-state index is 0.696. The molecule has 1 aliphatic rings. The van der Waals surface area contributed by atoms with Crippen LogP contribution in [0.2, 0.25) is 0 Å². The Kier molecular flexibility index (Phi) is 5.12. The van der Waals surface area contributed by atoms with E-state index in [4.69, 9.17) is 0 Å². The number of pyridine rings is 1. The molecule has 1 aromatic carbocycles. The van der Waals surface area contributed by atoms with Gasteiger partial charge in [-0.2, -0.15) is 0 Å². The fraction of sp³-hybridized carbons (Fsp3) is 0.381. The van der Waals surface area contributed by atoms with E-state index in [0.29, 0.717) is 6.04 Å². The number of rotatable bonds is 4. The Morgan fingerprint density at radius 3 is 2.57 bits per heavy atom. The summed E-state index contributed by atoms with van der Waals surface area (Å²) in [6.45, 7) is 2.02. The number of anilines is 1. The van der Waals surface area contributed by atoms with Crippen molar-refractivity contribution in [2.75, 3.05) is 11.9 Å². The predicted molar refractivity (Wildman–Crippen MR) is 99.6 cm³/mol. The van der Waals surface area contributed by atoms with Crippen molar-refractivity contribution in [1.29, 1.82) is 0 Å². The van der Waals surface area contributed by atoms with E-state index in [1.54, 1.807) is 0 Å². The van der Waals surface area contributed by atoms with Crippen LogP contribution in [0.5, 0.6) is 0 Å². The Labute approximate surface area is 139 Å². The highest BCUT2D eigenvalue weighted by Crippen LogP contribution is 2.26. The summed E-state index contributed by atoms with van der Waals surface area (Å²) in [6.07, 6.45) is 11.0. The topological polar surface area (TPSA) is 16.1 Å². The van der Waals surface area contributed by atoms with E-state index in [0.717, 1.165) is 11.4 Å². The molecule has 3 rings (SSSR count). The molecule has 2 heteroatoms. The van der Waals surface area contributed by atoms with Crippen molar-refractivity contribution in [3.8, 4) is 0 Å². The highest BCUT2D eigenvalue weighted by atomic mass is 15.1. The van der Waals surface area contributed by atoms with Gasteiger partial charge in [0.05, 0.1) is 5.69 Å². The van der Waals surface area contributed by atoms with Crippen LogP contribution in [-0.2, 0) is 0 Å². The summed E-state index contributed by atoms with van der Waals surface area (Å²) in [5.74, 6) is 0. The van der Waals surface area contributed by atoms with Gasteiger partial charge in [0.2, 0.25) is 0 Å². The highest BCUT2D eigenvalue weighted by Gasteiger charge is 2.18.